The van der Waals surface area contributed by atoms with Crippen LogP contribution in [0.5, 0.6) is 5.75 Å². The summed E-state index contributed by atoms with van der Waals surface area (Å²) in [5.74, 6) is 1.16. The van der Waals surface area contributed by atoms with Crippen molar-refractivity contribution in [2.75, 3.05) is 5.32 Å². The summed E-state index contributed by atoms with van der Waals surface area (Å²) >= 11 is 6.12. The Morgan fingerprint density at radius 2 is 1.68 bits per heavy atom. The topological polar surface area (TPSA) is 69.3 Å². The molecule has 1 N–H and O–H groups in total. The van der Waals surface area contributed by atoms with Gasteiger partial charge in [0.25, 0.3) is 5.91 Å². The van der Waals surface area contributed by atoms with Crippen molar-refractivity contribution in [1.29, 1.82) is 0 Å². The van der Waals surface area contributed by atoms with E-state index in [1.54, 1.807) is 12.1 Å². The summed E-state index contributed by atoms with van der Waals surface area (Å²) in [6, 6.07) is 29.6. The van der Waals surface area contributed by atoms with Crippen molar-refractivity contribution in [1.82, 2.24) is 9.78 Å². The Morgan fingerprint density at radius 3 is 2.40 bits per heavy atom. The van der Waals surface area contributed by atoms with Crippen LogP contribution in [0.15, 0.2) is 95.4 Å². The number of carbonyl (C=O) groups is 1. The molecule has 0 saturated carbocycles. The number of nitrogens with one attached hydrogen (secondary N) is 1. The van der Waals surface area contributed by atoms with Gasteiger partial charge in [-0.05, 0) is 66.9 Å². The van der Waals surface area contributed by atoms with Crippen LogP contribution in [0.25, 0.3) is 0 Å². The van der Waals surface area contributed by atoms with E-state index >= 15 is 0 Å². The van der Waals surface area contributed by atoms with Crippen LogP contribution in [0.2, 0.25) is 5.02 Å². The molecule has 0 saturated heterocycles. The van der Waals surface area contributed by atoms with E-state index in [1.165, 1.54) is 11.1 Å². The second-order valence-electron chi connectivity index (χ2n) is 10.4. The van der Waals surface area contributed by atoms with Crippen LogP contribution in [0, 0.1) is 13.8 Å². The third-order valence-electron chi connectivity index (χ3n) is 7.18. The number of aromatic nitrogens is 2. The summed E-state index contributed by atoms with van der Waals surface area (Å²) in [5, 5.41) is 8.22. The van der Waals surface area contributed by atoms with Crippen molar-refractivity contribution in [3.05, 3.63) is 136 Å². The normalized spacial score (nSPS) is 11.4. The summed E-state index contributed by atoms with van der Waals surface area (Å²) in [6.07, 6.45) is 0. The molecule has 1 amide bonds. The standard InChI is InChI=1S/C33H32ClN3O3/c1-22-31(23(2)37(36-22)20-24-9-8-12-27(34)19-24)35-32(38)30-18-17-29(40-30)21-39-28-15-13-26(14-16-28)33(3,4)25-10-6-5-7-11-25/h5-19H,20-21H2,1-4H3,(H,35,38). The van der Waals surface area contributed by atoms with Crippen molar-refractivity contribution in [2.45, 2.75) is 46.3 Å². The molecule has 0 fully saturated rings. The van der Waals surface area contributed by atoms with Crippen molar-refractivity contribution >= 4 is 23.2 Å². The molecule has 7 heteroatoms. The lowest BCUT2D eigenvalue weighted by Gasteiger charge is -2.26. The van der Waals surface area contributed by atoms with Gasteiger partial charge in [-0.1, -0.05) is 80.0 Å². The maximum Gasteiger partial charge on any atom is 0.291 e. The number of ether oxygens (including phenoxy) is 1. The Labute approximate surface area is 239 Å². The number of aryl methyl sites for hydroxylation is 1. The Morgan fingerprint density at radius 1 is 0.950 bits per heavy atom. The molecule has 40 heavy (non-hydrogen) atoms. The third kappa shape index (κ3) is 5.97. The van der Waals surface area contributed by atoms with Gasteiger partial charge < -0.3 is 14.5 Å². The van der Waals surface area contributed by atoms with Gasteiger partial charge in [0, 0.05) is 10.4 Å². The molecule has 5 aromatic rings. The zero-order chi connectivity index (χ0) is 28.3. The van der Waals surface area contributed by atoms with Gasteiger partial charge in [0.05, 0.1) is 23.6 Å². The predicted octanol–water partition coefficient (Wildman–Crippen LogP) is 7.95. The lowest BCUT2D eigenvalue weighted by Crippen LogP contribution is -2.18. The number of nitrogens with zero attached hydrogens (tertiary/aromatic N) is 2. The van der Waals surface area contributed by atoms with Crippen LogP contribution in [-0.2, 0) is 18.6 Å². The fraction of sp³-hybridized carbons (Fsp3) is 0.212. The molecule has 0 spiro atoms. The SMILES string of the molecule is Cc1nn(Cc2cccc(Cl)c2)c(C)c1NC(=O)c1ccc(COc2ccc(C(C)(C)c3ccccc3)cc2)o1. The molecular formula is C33H32ClN3O3. The molecule has 0 radical (unpaired) electrons. The van der Waals surface area contributed by atoms with E-state index in [9.17, 15) is 4.79 Å². The van der Waals surface area contributed by atoms with Gasteiger partial charge >= 0.3 is 0 Å². The van der Waals surface area contributed by atoms with Crippen molar-refractivity contribution in [3.8, 4) is 5.75 Å². The number of benzene rings is 3. The highest BCUT2D eigenvalue weighted by Crippen LogP contribution is 2.32. The van der Waals surface area contributed by atoms with Crippen LogP contribution in [-0.4, -0.2) is 15.7 Å². The van der Waals surface area contributed by atoms with Crippen LogP contribution in [0.3, 0.4) is 0 Å². The van der Waals surface area contributed by atoms with E-state index < -0.39 is 0 Å². The molecule has 0 aliphatic carbocycles. The molecule has 3 aromatic carbocycles. The Hall–Kier alpha value is -4.29. The first-order valence-electron chi connectivity index (χ1n) is 13.2. The van der Waals surface area contributed by atoms with Crippen LogP contribution >= 0.6 is 11.6 Å². The lowest BCUT2D eigenvalue weighted by atomic mass is 9.78. The average Bonchev–Trinajstić information content (AvgIpc) is 3.53. The number of rotatable bonds is 9. The van der Waals surface area contributed by atoms with Gasteiger partial charge in [-0.3, -0.25) is 9.48 Å². The molecule has 6 nitrogen and oxygen atoms in total. The lowest BCUT2D eigenvalue weighted by molar-refractivity contribution is 0.0992. The average molecular weight is 554 g/mol. The smallest absolute Gasteiger partial charge is 0.291 e. The summed E-state index contributed by atoms with van der Waals surface area (Å²) in [7, 11) is 0. The van der Waals surface area contributed by atoms with E-state index in [0.717, 1.165) is 22.7 Å². The third-order valence-corrected chi connectivity index (χ3v) is 7.41. The van der Waals surface area contributed by atoms with Gasteiger partial charge in [-0.15, -0.1) is 0 Å². The molecule has 0 aliphatic rings. The Bertz CT molecular complexity index is 1620. The van der Waals surface area contributed by atoms with Crippen LogP contribution in [0.4, 0.5) is 5.69 Å². The summed E-state index contributed by atoms with van der Waals surface area (Å²) in [4.78, 5) is 13.0. The van der Waals surface area contributed by atoms with Crippen LogP contribution in [0.1, 0.15) is 58.2 Å². The van der Waals surface area contributed by atoms with E-state index in [1.807, 2.05) is 61.0 Å². The number of amides is 1. The second-order valence-corrected chi connectivity index (χ2v) is 10.8. The van der Waals surface area contributed by atoms with Gasteiger partial charge in [-0.25, -0.2) is 0 Å². The number of anilines is 1. The molecular weight excluding hydrogens is 522 g/mol. The first-order valence-corrected chi connectivity index (χ1v) is 13.6. The molecule has 204 valence electrons. The minimum atomic E-state index is -0.341. The highest BCUT2D eigenvalue weighted by atomic mass is 35.5. The molecule has 0 bridgehead atoms. The monoisotopic (exact) mass is 553 g/mol. The van der Waals surface area contributed by atoms with Crippen molar-refractivity contribution in [3.63, 3.8) is 0 Å². The summed E-state index contributed by atoms with van der Waals surface area (Å²) < 4.78 is 13.6. The predicted molar refractivity (Wildman–Crippen MR) is 158 cm³/mol. The molecule has 0 atom stereocenters. The zero-order valence-electron chi connectivity index (χ0n) is 23.1. The molecule has 0 aliphatic heterocycles. The molecule has 2 heterocycles. The number of hydrogen-bond acceptors (Lipinski definition) is 4. The Kier molecular flexibility index (Phi) is 7.81. The number of halogens is 1. The number of furan rings is 1. The van der Waals surface area contributed by atoms with Crippen molar-refractivity contribution < 1.29 is 13.9 Å². The second kappa shape index (κ2) is 11.4. The van der Waals surface area contributed by atoms with Gasteiger partial charge in [0.2, 0.25) is 0 Å². The maximum absolute atomic E-state index is 13.0. The summed E-state index contributed by atoms with van der Waals surface area (Å²) in [5.41, 5.74) is 5.60. The fourth-order valence-electron chi connectivity index (χ4n) is 4.74. The number of hydrogen-bond donors (Lipinski definition) is 1. The van der Waals surface area contributed by atoms with Crippen LogP contribution < -0.4 is 10.1 Å². The fourth-order valence-corrected chi connectivity index (χ4v) is 4.95. The first kappa shape index (κ1) is 27.3. The van der Waals surface area contributed by atoms with Crippen molar-refractivity contribution in [2.24, 2.45) is 0 Å². The van der Waals surface area contributed by atoms with E-state index in [2.05, 4.69) is 60.7 Å². The minimum Gasteiger partial charge on any atom is -0.486 e. The van der Waals surface area contributed by atoms with E-state index in [4.69, 9.17) is 20.8 Å². The highest BCUT2D eigenvalue weighted by Gasteiger charge is 2.23. The van der Waals surface area contributed by atoms with Gasteiger partial charge in [0.15, 0.2) is 5.76 Å². The van der Waals surface area contributed by atoms with E-state index in [0.29, 0.717) is 23.0 Å². The van der Waals surface area contributed by atoms with Gasteiger partial charge in [0.1, 0.15) is 18.1 Å². The van der Waals surface area contributed by atoms with Gasteiger partial charge in [-0.2, -0.15) is 5.10 Å². The first-order chi connectivity index (χ1) is 19.2. The minimum absolute atomic E-state index is 0.120. The maximum atomic E-state index is 13.0. The quantitative estimate of drug-likeness (QED) is 0.201. The molecule has 5 rings (SSSR count). The highest BCUT2D eigenvalue weighted by molar-refractivity contribution is 6.30. The number of carbonyl (C=O) groups excluding carboxylic acids is 1. The zero-order valence-corrected chi connectivity index (χ0v) is 23.8. The molecule has 0 unspecified atom stereocenters. The largest absolute Gasteiger partial charge is 0.486 e. The summed E-state index contributed by atoms with van der Waals surface area (Å²) in [6.45, 7) is 8.97. The Balaban J connectivity index is 1.20. The molecule has 2 aromatic heterocycles. The van der Waals surface area contributed by atoms with E-state index in [-0.39, 0.29) is 23.7 Å².